The Labute approximate surface area is 119 Å². The van der Waals surface area contributed by atoms with E-state index in [1.807, 2.05) is 10.6 Å². The number of imide groups is 1. The maximum atomic E-state index is 11.6. The van der Waals surface area contributed by atoms with Gasteiger partial charge in [0.2, 0.25) is 0 Å². The first kappa shape index (κ1) is 16.5. The van der Waals surface area contributed by atoms with Crippen molar-refractivity contribution in [2.24, 2.45) is 0 Å². The van der Waals surface area contributed by atoms with E-state index in [0.717, 1.165) is 7.05 Å². The molecule has 1 fully saturated rings. The number of amides is 6. The van der Waals surface area contributed by atoms with Crippen LogP contribution in [0.25, 0.3) is 0 Å². The molecule has 0 radical (unpaired) electrons. The molecular formula is C8H13N5O7S. The molecule has 1 aliphatic rings. The van der Waals surface area contributed by atoms with Crippen LogP contribution in [0.15, 0.2) is 0 Å². The van der Waals surface area contributed by atoms with Crippen molar-refractivity contribution >= 4 is 34.3 Å². The van der Waals surface area contributed by atoms with Crippen LogP contribution in [0.3, 0.4) is 0 Å². The lowest BCUT2D eigenvalue weighted by Gasteiger charge is -2.36. The van der Waals surface area contributed by atoms with E-state index in [1.54, 1.807) is 0 Å². The zero-order valence-electron chi connectivity index (χ0n) is 11.0. The predicted molar refractivity (Wildman–Crippen MR) is 66.3 cm³/mol. The average Bonchev–Trinajstić information content (AvgIpc) is 2.39. The summed E-state index contributed by atoms with van der Waals surface area (Å²) in [5.41, 5.74) is 0. The van der Waals surface area contributed by atoms with Crippen molar-refractivity contribution in [1.29, 1.82) is 0 Å². The number of hydrogen-bond donors (Lipinski definition) is 4. The van der Waals surface area contributed by atoms with E-state index in [2.05, 4.69) is 0 Å². The van der Waals surface area contributed by atoms with Crippen LogP contribution >= 0.6 is 0 Å². The number of carbonyl (C=O) groups is 4. The van der Waals surface area contributed by atoms with Gasteiger partial charge in [0.05, 0.1) is 6.54 Å². The number of hydrogen-bond acceptors (Lipinski definition) is 6. The summed E-state index contributed by atoms with van der Waals surface area (Å²) < 4.78 is 25.0. The Morgan fingerprint density at radius 1 is 1.38 bits per heavy atom. The summed E-state index contributed by atoms with van der Waals surface area (Å²) in [5.74, 6) is -0.896. The largest absolute Gasteiger partial charge is 0.465 e. The van der Waals surface area contributed by atoms with Crippen molar-refractivity contribution in [3.05, 3.63) is 0 Å². The van der Waals surface area contributed by atoms with Crippen LogP contribution in [-0.2, 0) is 15.0 Å². The Hall–Kier alpha value is -2.57. The maximum absolute atomic E-state index is 11.6. The summed E-state index contributed by atoms with van der Waals surface area (Å²) in [6.45, 7) is -0.309. The molecule has 0 aromatic rings. The quantitative estimate of drug-likeness (QED) is 0.423. The number of nitrogens with zero attached hydrogens (tertiary/aromatic N) is 2. The third kappa shape index (κ3) is 3.50. The fourth-order valence-corrected chi connectivity index (χ4v) is 2.14. The molecule has 0 aliphatic carbocycles. The SMILES string of the molecule is CNC(=O)N(C)S(=O)(=O)NC(=O)N1C[C@H](NC(=O)O)C1=O. The number of carbonyl (C=O) groups excluding carboxylic acids is 3. The topological polar surface area (TPSA) is 165 Å². The monoisotopic (exact) mass is 323 g/mol. The number of rotatable bonds is 3. The Morgan fingerprint density at radius 2 is 1.95 bits per heavy atom. The van der Waals surface area contributed by atoms with E-state index in [1.165, 1.54) is 11.8 Å². The second kappa shape index (κ2) is 5.82. The molecule has 1 heterocycles. The third-order valence-corrected chi connectivity index (χ3v) is 3.87. The lowest BCUT2D eigenvalue weighted by atomic mass is 10.1. The van der Waals surface area contributed by atoms with Gasteiger partial charge in [0, 0.05) is 14.1 Å². The molecule has 12 nitrogen and oxygen atoms in total. The second-order valence-corrected chi connectivity index (χ2v) is 5.59. The molecule has 4 N–H and O–H groups in total. The van der Waals surface area contributed by atoms with Gasteiger partial charge in [-0.2, -0.15) is 8.42 Å². The van der Waals surface area contributed by atoms with Gasteiger partial charge in [-0.05, 0) is 0 Å². The van der Waals surface area contributed by atoms with Crippen molar-refractivity contribution in [1.82, 2.24) is 24.6 Å². The minimum atomic E-state index is -4.46. The Kier molecular flexibility index (Phi) is 4.57. The molecule has 1 rings (SSSR count). The van der Waals surface area contributed by atoms with E-state index in [-0.39, 0.29) is 10.8 Å². The highest BCUT2D eigenvalue weighted by molar-refractivity contribution is 7.88. The molecule has 0 aromatic heterocycles. The van der Waals surface area contributed by atoms with Gasteiger partial charge < -0.3 is 15.7 Å². The van der Waals surface area contributed by atoms with Gasteiger partial charge in [-0.15, -0.1) is 0 Å². The van der Waals surface area contributed by atoms with Crippen LogP contribution < -0.4 is 15.4 Å². The maximum Gasteiger partial charge on any atom is 0.405 e. The van der Waals surface area contributed by atoms with Crippen molar-refractivity contribution < 1.29 is 32.7 Å². The van der Waals surface area contributed by atoms with E-state index < -0.39 is 40.3 Å². The summed E-state index contributed by atoms with van der Waals surface area (Å²) in [6.07, 6.45) is -1.44. The summed E-state index contributed by atoms with van der Waals surface area (Å²) in [4.78, 5) is 45.0. The minimum Gasteiger partial charge on any atom is -0.465 e. The molecule has 0 spiro atoms. The number of urea groups is 2. The fraction of sp³-hybridized carbons (Fsp3) is 0.500. The average molecular weight is 323 g/mol. The lowest BCUT2D eigenvalue weighted by molar-refractivity contribution is -0.138. The Morgan fingerprint density at radius 3 is 2.38 bits per heavy atom. The van der Waals surface area contributed by atoms with Crippen LogP contribution in [0.4, 0.5) is 14.4 Å². The molecule has 21 heavy (non-hydrogen) atoms. The molecule has 0 saturated carbocycles. The fourth-order valence-electron chi connectivity index (χ4n) is 1.37. The number of nitrogens with one attached hydrogen (secondary N) is 3. The van der Waals surface area contributed by atoms with Crippen LogP contribution in [-0.4, -0.2) is 73.5 Å². The first-order valence-corrected chi connectivity index (χ1v) is 6.87. The van der Waals surface area contributed by atoms with E-state index >= 15 is 0 Å². The van der Waals surface area contributed by atoms with E-state index in [0.29, 0.717) is 4.90 Å². The highest BCUT2D eigenvalue weighted by Crippen LogP contribution is 2.11. The smallest absolute Gasteiger partial charge is 0.405 e. The van der Waals surface area contributed by atoms with Gasteiger partial charge in [-0.1, -0.05) is 0 Å². The van der Waals surface area contributed by atoms with Gasteiger partial charge in [-0.25, -0.2) is 23.4 Å². The first-order chi connectivity index (χ1) is 9.60. The summed E-state index contributed by atoms with van der Waals surface area (Å²) in [7, 11) is -2.37. The highest BCUT2D eigenvalue weighted by Gasteiger charge is 2.43. The van der Waals surface area contributed by atoms with Crippen molar-refractivity contribution in [2.75, 3.05) is 20.6 Å². The van der Waals surface area contributed by atoms with Gasteiger partial charge in [0.1, 0.15) is 6.04 Å². The van der Waals surface area contributed by atoms with Gasteiger partial charge in [-0.3, -0.25) is 9.69 Å². The highest BCUT2D eigenvalue weighted by atomic mass is 32.2. The molecule has 0 bridgehead atoms. The molecule has 118 valence electrons. The van der Waals surface area contributed by atoms with E-state index in [9.17, 15) is 27.6 Å². The second-order valence-electron chi connectivity index (χ2n) is 3.89. The van der Waals surface area contributed by atoms with Crippen molar-refractivity contribution in [2.45, 2.75) is 6.04 Å². The van der Waals surface area contributed by atoms with Gasteiger partial charge >= 0.3 is 28.4 Å². The number of carboxylic acid groups (broad SMARTS) is 1. The molecule has 1 atom stereocenters. The standard InChI is InChI=1S/C8H13N5O7S/c1-9-6(15)12(2)21(19,20)11-7(16)13-3-4(5(13)14)10-8(17)18/h4,10H,3H2,1-2H3,(H,9,15)(H,11,16)(H,17,18)/t4-/m0/s1. The lowest BCUT2D eigenvalue weighted by Crippen LogP contribution is -2.67. The Balaban J connectivity index is 2.65. The Bertz CT molecular complexity index is 588. The zero-order chi connectivity index (χ0) is 16.4. The first-order valence-electron chi connectivity index (χ1n) is 5.43. The van der Waals surface area contributed by atoms with Gasteiger partial charge in [0.25, 0.3) is 5.91 Å². The van der Waals surface area contributed by atoms with Crippen molar-refractivity contribution in [3.63, 3.8) is 0 Å². The summed E-state index contributed by atoms with van der Waals surface area (Å²) >= 11 is 0. The van der Waals surface area contributed by atoms with Crippen molar-refractivity contribution in [3.8, 4) is 0 Å². The normalized spacial score (nSPS) is 17.5. The van der Waals surface area contributed by atoms with Crippen LogP contribution in [0.5, 0.6) is 0 Å². The zero-order valence-corrected chi connectivity index (χ0v) is 11.8. The minimum absolute atomic E-state index is 0.238. The third-order valence-electron chi connectivity index (χ3n) is 2.55. The number of β-lactam (4-membered cyclic amide) rings is 1. The molecule has 13 heteroatoms. The van der Waals surface area contributed by atoms with Crippen LogP contribution in [0.1, 0.15) is 0 Å². The number of likely N-dealkylation sites (tertiary alicyclic amines) is 1. The molecular weight excluding hydrogens is 310 g/mol. The molecule has 1 saturated heterocycles. The molecule has 1 aliphatic heterocycles. The summed E-state index contributed by atoms with van der Waals surface area (Å²) in [5, 5.41) is 12.3. The van der Waals surface area contributed by atoms with Crippen LogP contribution in [0, 0.1) is 0 Å². The summed E-state index contributed by atoms with van der Waals surface area (Å²) in [6, 6.07) is -3.37. The predicted octanol–water partition coefficient (Wildman–Crippen LogP) is -2.31. The molecule has 0 unspecified atom stereocenters. The molecule has 0 aromatic carbocycles. The van der Waals surface area contributed by atoms with E-state index in [4.69, 9.17) is 5.11 Å². The van der Waals surface area contributed by atoms with Crippen LogP contribution in [0.2, 0.25) is 0 Å². The van der Waals surface area contributed by atoms with Gasteiger partial charge in [0.15, 0.2) is 0 Å². The molecule has 6 amide bonds.